The van der Waals surface area contributed by atoms with Crippen molar-refractivity contribution in [3.05, 3.63) is 30.1 Å². The highest BCUT2D eigenvalue weighted by atomic mass is 33.1. The summed E-state index contributed by atoms with van der Waals surface area (Å²) in [5, 5.41) is 8.25. The van der Waals surface area contributed by atoms with Crippen molar-refractivity contribution >= 4 is 28.2 Å². The van der Waals surface area contributed by atoms with Crippen molar-refractivity contribution in [2.75, 3.05) is 19.6 Å². The zero-order valence-corrected chi connectivity index (χ0v) is 13.1. The molecule has 19 heavy (non-hydrogen) atoms. The molecule has 0 fully saturated rings. The van der Waals surface area contributed by atoms with Gasteiger partial charge in [-0.25, -0.2) is 4.39 Å². The largest absolute Gasteiger partial charge is 0.554 e. The Hall–Kier alpha value is -0.720. The number of hydrogen-bond acceptors (Lipinski definition) is 4. The number of quaternary nitrogens is 1. The van der Waals surface area contributed by atoms with Crippen LogP contribution in [-0.2, 0) is 4.79 Å². The van der Waals surface area contributed by atoms with E-state index in [2.05, 4.69) is 20.8 Å². The number of carboxylic acid groups (broad SMARTS) is 1. The Balaban J connectivity index is 0.000000982. The maximum Gasteiger partial charge on any atom is 0.152 e. The maximum atomic E-state index is 13.4. The molecule has 3 nitrogen and oxygen atoms in total. The number of carbonyl (C=O) groups excluding carboxylic acids is 1. The Morgan fingerprint density at radius 3 is 2.11 bits per heavy atom. The molecule has 0 saturated carbocycles. The van der Waals surface area contributed by atoms with Gasteiger partial charge in [0.1, 0.15) is 5.82 Å². The third-order valence-corrected chi connectivity index (χ3v) is 6.24. The van der Waals surface area contributed by atoms with E-state index >= 15 is 0 Å². The molecule has 0 heterocycles. The Kier molecular flexibility index (Phi) is 9.73. The molecule has 0 N–H and O–H groups in total. The average Bonchev–Trinajstić information content (AvgIpc) is 2.43. The van der Waals surface area contributed by atoms with Gasteiger partial charge in [0.2, 0.25) is 0 Å². The summed E-state index contributed by atoms with van der Waals surface area (Å²) in [4.78, 5) is 8.98. The fourth-order valence-corrected chi connectivity index (χ4v) is 4.37. The molecule has 0 spiro atoms. The standard InChI is InChI=1S/C12H19FNS2.CH2O2/c1-4-14(5-2,6-3)16-15-12-10-8-7-9-11(12)13;2-1-3/h7-10H,4-6H2,1-3H3;1H,(H,2,3)/q+1;/p-1. The van der Waals surface area contributed by atoms with E-state index in [9.17, 15) is 4.39 Å². The molecule has 0 unspecified atom stereocenters. The molecule has 0 saturated heterocycles. The van der Waals surface area contributed by atoms with E-state index in [4.69, 9.17) is 9.90 Å². The van der Waals surface area contributed by atoms with Crippen LogP contribution in [0.4, 0.5) is 4.39 Å². The second kappa shape index (κ2) is 10.1. The summed E-state index contributed by atoms with van der Waals surface area (Å²) in [5.74, 6) is -0.124. The van der Waals surface area contributed by atoms with Crippen molar-refractivity contribution in [1.29, 1.82) is 0 Å². The summed E-state index contributed by atoms with van der Waals surface area (Å²) >= 11 is 0. The second-order valence-corrected chi connectivity index (χ2v) is 6.17. The van der Waals surface area contributed by atoms with Crippen LogP contribution in [0.5, 0.6) is 0 Å². The van der Waals surface area contributed by atoms with Crippen molar-refractivity contribution in [2.45, 2.75) is 25.7 Å². The van der Waals surface area contributed by atoms with Gasteiger partial charge in [0.25, 0.3) is 0 Å². The minimum atomic E-state index is -0.500. The minimum Gasteiger partial charge on any atom is -0.554 e. The van der Waals surface area contributed by atoms with Gasteiger partial charge in [-0.2, -0.15) is 0 Å². The van der Waals surface area contributed by atoms with Crippen LogP contribution in [0.1, 0.15) is 20.8 Å². The number of carbonyl (C=O) groups is 1. The molecule has 0 bridgehead atoms. The van der Waals surface area contributed by atoms with E-state index in [0.717, 1.165) is 28.4 Å². The summed E-state index contributed by atoms with van der Waals surface area (Å²) in [6, 6.07) is 6.96. The van der Waals surface area contributed by atoms with Crippen molar-refractivity contribution in [1.82, 2.24) is 0 Å². The quantitative estimate of drug-likeness (QED) is 0.351. The van der Waals surface area contributed by atoms with Crippen LogP contribution < -0.4 is 5.11 Å². The topological polar surface area (TPSA) is 40.1 Å². The molecule has 1 aromatic carbocycles. The first-order valence-electron chi connectivity index (χ1n) is 6.11. The Morgan fingerprint density at radius 1 is 1.21 bits per heavy atom. The molecular weight excluding hydrogens is 285 g/mol. The van der Waals surface area contributed by atoms with E-state index in [1.54, 1.807) is 27.8 Å². The molecule has 1 aromatic rings. The fourth-order valence-electron chi connectivity index (χ4n) is 1.46. The maximum absolute atomic E-state index is 13.4. The number of hydrogen-bond donors (Lipinski definition) is 0. The van der Waals surface area contributed by atoms with Crippen molar-refractivity contribution in [3.63, 3.8) is 0 Å². The van der Waals surface area contributed by atoms with Crippen molar-refractivity contribution < 1.29 is 18.2 Å². The predicted molar refractivity (Wildman–Crippen MR) is 77.8 cm³/mol. The molecule has 6 heteroatoms. The highest BCUT2D eigenvalue weighted by Crippen LogP contribution is 2.39. The van der Waals surface area contributed by atoms with Crippen LogP contribution in [0.15, 0.2) is 29.2 Å². The first-order chi connectivity index (χ1) is 9.09. The zero-order chi connectivity index (χ0) is 14.7. The lowest BCUT2D eigenvalue weighted by molar-refractivity contribution is -0.787. The lowest BCUT2D eigenvalue weighted by Crippen LogP contribution is -2.39. The van der Waals surface area contributed by atoms with Crippen molar-refractivity contribution in [3.8, 4) is 0 Å². The van der Waals surface area contributed by atoms with Gasteiger partial charge < -0.3 is 9.90 Å². The molecule has 0 amide bonds. The molecule has 0 radical (unpaired) electrons. The van der Waals surface area contributed by atoms with Gasteiger partial charge in [-0.1, -0.05) is 12.1 Å². The van der Waals surface area contributed by atoms with E-state index in [1.807, 2.05) is 12.1 Å². The van der Waals surface area contributed by atoms with Crippen molar-refractivity contribution in [2.24, 2.45) is 0 Å². The Bertz CT molecular complexity index is 365. The molecule has 108 valence electrons. The van der Waals surface area contributed by atoms with Gasteiger partial charge in [-0.3, -0.25) is 3.89 Å². The SMILES string of the molecule is CC[N+](CC)(CC)SSc1ccccc1F.O=C[O-]. The summed E-state index contributed by atoms with van der Waals surface area (Å²) in [6.07, 6.45) is 0. The minimum absolute atomic E-state index is 0.124. The summed E-state index contributed by atoms with van der Waals surface area (Å²) in [6.45, 7) is 9.25. The number of halogens is 1. The lowest BCUT2D eigenvalue weighted by atomic mass is 10.4. The fraction of sp³-hybridized carbons (Fsp3) is 0.462. The van der Waals surface area contributed by atoms with Crippen LogP contribution in [0, 0.1) is 5.82 Å². The molecular formula is C13H20FNO2S2. The third kappa shape index (κ3) is 6.31. The van der Waals surface area contributed by atoms with Gasteiger partial charge in [0, 0.05) is 17.3 Å². The summed E-state index contributed by atoms with van der Waals surface area (Å²) in [7, 11) is 3.29. The highest BCUT2D eigenvalue weighted by molar-refractivity contribution is 8.74. The lowest BCUT2D eigenvalue weighted by Gasteiger charge is -2.31. The smallest absolute Gasteiger partial charge is 0.152 e. The van der Waals surface area contributed by atoms with E-state index in [-0.39, 0.29) is 5.82 Å². The van der Waals surface area contributed by atoms with Crippen LogP contribution in [0.3, 0.4) is 0 Å². The highest BCUT2D eigenvalue weighted by Gasteiger charge is 2.24. The zero-order valence-electron chi connectivity index (χ0n) is 11.5. The second-order valence-electron chi connectivity index (χ2n) is 3.69. The number of benzene rings is 1. The van der Waals surface area contributed by atoms with Crippen LogP contribution in [0.2, 0.25) is 0 Å². The van der Waals surface area contributed by atoms with Gasteiger partial charge in [-0.15, -0.1) is 0 Å². The first kappa shape index (κ1) is 18.3. The van der Waals surface area contributed by atoms with Crippen LogP contribution >= 0.6 is 21.8 Å². The van der Waals surface area contributed by atoms with Gasteiger partial charge in [0.15, 0.2) is 11.0 Å². The normalized spacial score (nSPS) is 10.5. The van der Waals surface area contributed by atoms with Crippen LogP contribution in [-0.4, -0.2) is 30.0 Å². The monoisotopic (exact) mass is 305 g/mol. The van der Waals surface area contributed by atoms with Crippen LogP contribution in [0.25, 0.3) is 0 Å². The van der Waals surface area contributed by atoms with Gasteiger partial charge in [0.05, 0.1) is 24.5 Å². The average molecular weight is 305 g/mol. The predicted octanol–water partition coefficient (Wildman–Crippen LogP) is 2.72. The molecule has 0 aliphatic carbocycles. The third-order valence-electron chi connectivity index (χ3n) is 2.85. The Morgan fingerprint density at radius 2 is 1.68 bits per heavy atom. The molecule has 0 atom stereocenters. The molecule has 0 aliphatic rings. The molecule has 0 aliphatic heterocycles. The Labute approximate surface area is 122 Å². The number of rotatable bonds is 6. The summed E-state index contributed by atoms with van der Waals surface area (Å²) in [5.41, 5.74) is 0. The van der Waals surface area contributed by atoms with Gasteiger partial charge >= 0.3 is 0 Å². The number of nitrogens with zero attached hydrogens (tertiary/aromatic N) is 1. The van der Waals surface area contributed by atoms with E-state index in [0.29, 0.717) is 0 Å². The van der Waals surface area contributed by atoms with E-state index < -0.39 is 6.47 Å². The van der Waals surface area contributed by atoms with Gasteiger partial charge in [-0.05, 0) is 32.9 Å². The first-order valence-corrected chi connectivity index (χ1v) is 8.22. The molecule has 1 rings (SSSR count). The van der Waals surface area contributed by atoms with E-state index in [1.165, 1.54) is 6.07 Å². The molecule has 0 aromatic heterocycles. The summed E-state index contributed by atoms with van der Waals surface area (Å²) < 4.78 is 14.4.